The van der Waals surface area contributed by atoms with Gasteiger partial charge in [-0.2, -0.15) is 0 Å². The van der Waals surface area contributed by atoms with Crippen molar-refractivity contribution in [2.75, 3.05) is 0 Å². The number of hydrogen-bond acceptors (Lipinski definition) is 3. The van der Waals surface area contributed by atoms with Crippen molar-refractivity contribution in [1.82, 2.24) is 0 Å². The zero-order valence-electron chi connectivity index (χ0n) is 15.7. The number of carboxylic acids is 1. The SMILES string of the molecule is CC/C=C/C(CC)C/C=C/C1(CC)CC(CC)C(CC(=O)O)OO1. The Hall–Kier alpha value is -1.13. The zero-order chi connectivity index (χ0) is 18.0. The van der Waals surface area contributed by atoms with E-state index in [1.807, 2.05) is 0 Å². The molecule has 0 amide bonds. The number of aliphatic carboxylic acids is 1. The summed E-state index contributed by atoms with van der Waals surface area (Å²) >= 11 is 0. The highest BCUT2D eigenvalue weighted by molar-refractivity contribution is 5.67. The Morgan fingerprint density at radius 3 is 2.58 bits per heavy atom. The van der Waals surface area contributed by atoms with Crippen LogP contribution in [0.4, 0.5) is 0 Å². The van der Waals surface area contributed by atoms with Crippen molar-refractivity contribution in [3.05, 3.63) is 24.3 Å². The fraction of sp³-hybridized carbons (Fsp3) is 0.750. The van der Waals surface area contributed by atoms with Crippen molar-refractivity contribution in [2.24, 2.45) is 11.8 Å². The molecule has 4 nitrogen and oxygen atoms in total. The molecule has 4 unspecified atom stereocenters. The highest BCUT2D eigenvalue weighted by atomic mass is 17.2. The van der Waals surface area contributed by atoms with Gasteiger partial charge in [-0.15, -0.1) is 0 Å². The van der Waals surface area contributed by atoms with Crippen molar-refractivity contribution < 1.29 is 19.7 Å². The molecule has 1 aliphatic rings. The molecule has 138 valence electrons. The summed E-state index contributed by atoms with van der Waals surface area (Å²) in [5.41, 5.74) is -0.428. The maximum atomic E-state index is 11.0. The molecule has 4 heteroatoms. The molecule has 0 aromatic carbocycles. The number of carbonyl (C=O) groups is 1. The lowest BCUT2D eigenvalue weighted by atomic mass is 9.81. The molecule has 0 spiro atoms. The molecule has 1 saturated heterocycles. The van der Waals surface area contributed by atoms with Gasteiger partial charge in [0.05, 0.1) is 6.42 Å². The van der Waals surface area contributed by atoms with Crippen LogP contribution in [-0.2, 0) is 14.6 Å². The first-order chi connectivity index (χ1) is 11.5. The lowest BCUT2D eigenvalue weighted by Gasteiger charge is -2.40. The molecule has 1 N–H and O–H groups in total. The van der Waals surface area contributed by atoms with E-state index in [4.69, 9.17) is 14.9 Å². The lowest BCUT2D eigenvalue weighted by Crippen LogP contribution is -2.44. The maximum absolute atomic E-state index is 11.0. The van der Waals surface area contributed by atoms with Crippen molar-refractivity contribution in [2.45, 2.75) is 84.3 Å². The summed E-state index contributed by atoms with van der Waals surface area (Å²) in [6.07, 6.45) is 14.2. The minimum atomic E-state index is -0.838. The van der Waals surface area contributed by atoms with Gasteiger partial charge >= 0.3 is 5.97 Å². The quantitative estimate of drug-likeness (QED) is 0.434. The van der Waals surface area contributed by atoms with Crippen LogP contribution in [0.3, 0.4) is 0 Å². The number of rotatable bonds is 10. The molecule has 0 radical (unpaired) electrons. The van der Waals surface area contributed by atoms with Crippen LogP contribution in [0, 0.1) is 11.8 Å². The van der Waals surface area contributed by atoms with Crippen LogP contribution in [0.2, 0.25) is 0 Å². The third kappa shape index (κ3) is 6.40. The summed E-state index contributed by atoms with van der Waals surface area (Å²) < 4.78 is 0. The predicted octanol–water partition coefficient (Wildman–Crippen LogP) is 5.30. The molecule has 1 rings (SSSR count). The third-order valence-electron chi connectivity index (χ3n) is 5.00. The first-order valence-corrected chi connectivity index (χ1v) is 9.40. The Morgan fingerprint density at radius 1 is 1.29 bits per heavy atom. The molecular weight excluding hydrogens is 304 g/mol. The van der Waals surface area contributed by atoms with Crippen LogP contribution < -0.4 is 0 Å². The number of carboxylic acid groups (broad SMARTS) is 1. The fourth-order valence-electron chi connectivity index (χ4n) is 3.21. The van der Waals surface area contributed by atoms with E-state index in [2.05, 4.69) is 52.0 Å². The van der Waals surface area contributed by atoms with E-state index in [0.29, 0.717) is 5.92 Å². The Morgan fingerprint density at radius 2 is 2.04 bits per heavy atom. The van der Waals surface area contributed by atoms with Crippen molar-refractivity contribution in [3.8, 4) is 0 Å². The topological polar surface area (TPSA) is 55.8 Å². The predicted molar refractivity (Wildman–Crippen MR) is 96.6 cm³/mol. The second kappa shape index (κ2) is 10.7. The monoisotopic (exact) mass is 338 g/mol. The summed E-state index contributed by atoms with van der Waals surface area (Å²) in [6.45, 7) is 8.53. The van der Waals surface area contributed by atoms with Gasteiger partial charge in [-0.25, -0.2) is 9.78 Å². The summed E-state index contributed by atoms with van der Waals surface area (Å²) in [7, 11) is 0. The van der Waals surface area contributed by atoms with Gasteiger partial charge in [0.15, 0.2) is 0 Å². The Labute approximate surface area is 146 Å². The average molecular weight is 338 g/mol. The van der Waals surface area contributed by atoms with E-state index in [1.54, 1.807) is 0 Å². The molecule has 0 bridgehead atoms. The molecular formula is C20H34O4. The first-order valence-electron chi connectivity index (χ1n) is 9.40. The zero-order valence-corrected chi connectivity index (χ0v) is 15.7. The van der Waals surface area contributed by atoms with Crippen LogP contribution in [0.5, 0.6) is 0 Å². The van der Waals surface area contributed by atoms with Gasteiger partial charge in [-0.05, 0) is 43.9 Å². The summed E-state index contributed by atoms with van der Waals surface area (Å²) in [5, 5.41) is 9.01. The molecule has 0 aromatic heterocycles. The molecule has 24 heavy (non-hydrogen) atoms. The highest BCUT2D eigenvalue weighted by Gasteiger charge is 2.41. The van der Waals surface area contributed by atoms with Crippen LogP contribution in [0.25, 0.3) is 0 Å². The van der Waals surface area contributed by atoms with Gasteiger partial charge < -0.3 is 5.11 Å². The Bertz CT molecular complexity index is 429. The Balaban J connectivity index is 2.71. The van der Waals surface area contributed by atoms with Crippen molar-refractivity contribution >= 4 is 5.97 Å². The standard InChI is InChI=1S/C20H34O4/c1-5-9-11-16(6-2)12-10-13-20(8-4)15-17(7-3)18(23-24-20)14-19(21)22/h9-11,13,16-18H,5-8,12,14-15H2,1-4H3,(H,21,22)/b11-9+,13-10+. The molecule has 0 aromatic rings. The van der Waals surface area contributed by atoms with Gasteiger partial charge in [0.25, 0.3) is 0 Å². The molecule has 0 saturated carbocycles. The van der Waals surface area contributed by atoms with Gasteiger partial charge in [0.2, 0.25) is 0 Å². The third-order valence-corrected chi connectivity index (χ3v) is 5.00. The normalized spacial score (nSPS) is 29.3. The summed E-state index contributed by atoms with van der Waals surface area (Å²) in [5.74, 6) is -0.0714. The average Bonchev–Trinajstić information content (AvgIpc) is 2.58. The van der Waals surface area contributed by atoms with Crippen molar-refractivity contribution in [3.63, 3.8) is 0 Å². The van der Waals surface area contributed by atoms with Crippen LogP contribution in [0.1, 0.15) is 72.6 Å². The van der Waals surface area contributed by atoms with E-state index in [0.717, 1.165) is 38.5 Å². The number of allylic oxidation sites excluding steroid dienone is 3. The minimum Gasteiger partial charge on any atom is -0.481 e. The molecule has 1 heterocycles. The van der Waals surface area contributed by atoms with E-state index in [9.17, 15) is 4.79 Å². The first kappa shape index (κ1) is 20.9. The van der Waals surface area contributed by atoms with Gasteiger partial charge in [-0.3, -0.25) is 4.79 Å². The second-order valence-corrected chi connectivity index (χ2v) is 6.75. The fourth-order valence-corrected chi connectivity index (χ4v) is 3.21. The molecule has 0 aliphatic carbocycles. The maximum Gasteiger partial charge on any atom is 0.306 e. The van der Waals surface area contributed by atoms with E-state index in [1.165, 1.54) is 0 Å². The smallest absolute Gasteiger partial charge is 0.306 e. The highest BCUT2D eigenvalue weighted by Crippen LogP contribution is 2.38. The van der Waals surface area contributed by atoms with Gasteiger partial charge in [0.1, 0.15) is 11.7 Å². The second-order valence-electron chi connectivity index (χ2n) is 6.75. The van der Waals surface area contributed by atoms with E-state index in [-0.39, 0.29) is 18.4 Å². The van der Waals surface area contributed by atoms with Gasteiger partial charge in [0, 0.05) is 0 Å². The molecule has 1 fully saturated rings. The van der Waals surface area contributed by atoms with E-state index < -0.39 is 11.6 Å². The molecule has 1 aliphatic heterocycles. The van der Waals surface area contributed by atoms with Crippen LogP contribution >= 0.6 is 0 Å². The molecule has 4 atom stereocenters. The van der Waals surface area contributed by atoms with Crippen LogP contribution in [0.15, 0.2) is 24.3 Å². The van der Waals surface area contributed by atoms with Crippen molar-refractivity contribution in [1.29, 1.82) is 0 Å². The number of hydrogen-bond donors (Lipinski definition) is 1. The lowest BCUT2D eigenvalue weighted by molar-refractivity contribution is -0.409. The van der Waals surface area contributed by atoms with E-state index >= 15 is 0 Å². The summed E-state index contributed by atoms with van der Waals surface area (Å²) in [4.78, 5) is 22.2. The van der Waals surface area contributed by atoms with Gasteiger partial charge in [-0.1, -0.05) is 58.4 Å². The Kier molecular flexibility index (Phi) is 9.30. The van der Waals surface area contributed by atoms with Crippen LogP contribution in [-0.4, -0.2) is 22.8 Å². The minimum absolute atomic E-state index is 0.00172. The largest absolute Gasteiger partial charge is 0.481 e. The summed E-state index contributed by atoms with van der Waals surface area (Å²) in [6, 6.07) is 0.